The van der Waals surface area contributed by atoms with E-state index in [-0.39, 0.29) is 11.7 Å². The molecule has 3 nitrogen and oxygen atoms in total. The quantitative estimate of drug-likeness (QED) is 0.380. The Morgan fingerprint density at radius 3 is 2.50 bits per heavy atom. The summed E-state index contributed by atoms with van der Waals surface area (Å²) in [4.78, 5) is 20.9. The normalized spacial score (nSPS) is 10.9. The molecule has 0 rings (SSSR count). The molecule has 0 amide bonds. The average Bonchev–Trinajstić information content (AvgIpc) is 1.84. The van der Waals surface area contributed by atoms with Crippen molar-refractivity contribution in [3.05, 3.63) is 0 Å². The maximum Gasteiger partial charge on any atom is 0.316 e. The Balaban J connectivity index is 3.53. The standard InChI is InChI=1S/C8H14O3S/c1-8(2,3)11-7(10)6-12-5-4-9/h4H,5-6H2,1-3H3. The van der Waals surface area contributed by atoms with E-state index in [4.69, 9.17) is 4.74 Å². The number of esters is 1. The average molecular weight is 190 g/mol. The van der Waals surface area contributed by atoms with E-state index in [1.165, 1.54) is 11.8 Å². The van der Waals surface area contributed by atoms with Crippen LogP contribution in [0, 0.1) is 0 Å². The van der Waals surface area contributed by atoms with Crippen LogP contribution in [0.15, 0.2) is 0 Å². The molecule has 0 aliphatic carbocycles. The van der Waals surface area contributed by atoms with E-state index >= 15 is 0 Å². The zero-order valence-corrected chi connectivity index (χ0v) is 8.44. The molecular weight excluding hydrogens is 176 g/mol. The zero-order chi connectivity index (χ0) is 9.61. The molecule has 0 saturated heterocycles. The lowest BCUT2D eigenvalue weighted by atomic mass is 10.2. The smallest absolute Gasteiger partial charge is 0.316 e. The second-order valence-electron chi connectivity index (χ2n) is 3.27. The van der Waals surface area contributed by atoms with Crippen LogP contribution in [0.25, 0.3) is 0 Å². The van der Waals surface area contributed by atoms with Crippen molar-refractivity contribution in [2.75, 3.05) is 11.5 Å². The second-order valence-corrected chi connectivity index (χ2v) is 4.30. The molecule has 0 fully saturated rings. The lowest BCUT2D eigenvalue weighted by molar-refractivity contribution is -0.151. The van der Waals surface area contributed by atoms with Crippen LogP contribution in [0.1, 0.15) is 20.8 Å². The van der Waals surface area contributed by atoms with Crippen LogP contribution in [0.4, 0.5) is 0 Å². The van der Waals surface area contributed by atoms with Gasteiger partial charge >= 0.3 is 5.97 Å². The minimum Gasteiger partial charge on any atom is -0.459 e. The Bertz CT molecular complexity index is 160. The molecule has 0 heterocycles. The van der Waals surface area contributed by atoms with Gasteiger partial charge in [0.1, 0.15) is 11.9 Å². The van der Waals surface area contributed by atoms with Crippen LogP contribution < -0.4 is 0 Å². The number of carbonyl (C=O) groups is 2. The molecular formula is C8H14O3S. The molecule has 0 aliphatic rings. The minimum atomic E-state index is -0.432. The van der Waals surface area contributed by atoms with Gasteiger partial charge in [-0.15, -0.1) is 11.8 Å². The lowest BCUT2D eigenvalue weighted by Crippen LogP contribution is -2.25. The van der Waals surface area contributed by atoms with Gasteiger partial charge in [0.25, 0.3) is 0 Å². The molecule has 0 aromatic heterocycles. The van der Waals surface area contributed by atoms with Crippen LogP contribution >= 0.6 is 11.8 Å². The van der Waals surface area contributed by atoms with Gasteiger partial charge in [0, 0.05) is 5.75 Å². The van der Waals surface area contributed by atoms with Crippen LogP contribution in [0.5, 0.6) is 0 Å². The van der Waals surface area contributed by atoms with E-state index in [0.717, 1.165) is 6.29 Å². The van der Waals surface area contributed by atoms with E-state index in [1.807, 2.05) is 20.8 Å². The molecule has 0 aromatic rings. The van der Waals surface area contributed by atoms with Crippen molar-refractivity contribution in [1.29, 1.82) is 0 Å². The predicted octanol–water partition coefficient (Wildman–Crippen LogP) is 1.26. The Morgan fingerprint density at radius 1 is 1.50 bits per heavy atom. The highest BCUT2D eigenvalue weighted by Gasteiger charge is 2.15. The fraction of sp³-hybridized carbons (Fsp3) is 0.750. The molecule has 0 atom stereocenters. The number of hydrogen-bond acceptors (Lipinski definition) is 4. The summed E-state index contributed by atoms with van der Waals surface area (Å²) in [5, 5.41) is 0. The Morgan fingerprint density at radius 2 is 2.08 bits per heavy atom. The van der Waals surface area contributed by atoms with Crippen LogP contribution in [-0.2, 0) is 14.3 Å². The molecule has 0 unspecified atom stereocenters. The molecule has 0 spiro atoms. The summed E-state index contributed by atoms with van der Waals surface area (Å²) in [5.74, 6) is 0.323. The number of thioether (sulfide) groups is 1. The summed E-state index contributed by atoms with van der Waals surface area (Å²) in [6.45, 7) is 5.44. The first kappa shape index (κ1) is 11.5. The summed E-state index contributed by atoms with van der Waals surface area (Å²) >= 11 is 1.26. The van der Waals surface area contributed by atoms with Gasteiger partial charge < -0.3 is 9.53 Å². The molecule has 70 valence electrons. The summed E-state index contributed by atoms with van der Waals surface area (Å²) < 4.78 is 5.01. The van der Waals surface area contributed by atoms with Crippen molar-refractivity contribution in [1.82, 2.24) is 0 Å². The summed E-state index contributed by atoms with van der Waals surface area (Å²) in [6, 6.07) is 0. The maximum atomic E-state index is 11.0. The van der Waals surface area contributed by atoms with Gasteiger partial charge in [0.15, 0.2) is 0 Å². The fourth-order valence-electron chi connectivity index (χ4n) is 0.561. The van der Waals surface area contributed by atoms with Gasteiger partial charge in [-0.3, -0.25) is 4.79 Å². The first-order valence-electron chi connectivity index (χ1n) is 3.69. The third-order valence-corrected chi connectivity index (χ3v) is 1.64. The SMILES string of the molecule is CC(C)(C)OC(=O)CSCC=O. The second kappa shape index (κ2) is 5.19. The highest BCUT2D eigenvalue weighted by molar-refractivity contribution is 8.00. The third kappa shape index (κ3) is 7.60. The molecule has 0 radical (unpaired) electrons. The lowest BCUT2D eigenvalue weighted by Gasteiger charge is -2.18. The molecule has 0 bridgehead atoms. The van der Waals surface area contributed by atoms with Gasteiger partial charge in [-0.2, -0.15) is 0 Å². The summed E-state index contributed by atoms with van der Waals surface area (Å²) in [5.41, 5.74) is -0.432. The third-order valence-electron chi connectivity index (χ3n) is 0.826. The first-order valence-corrected chi connectivity index (χ1v) is 4.84. The van der Waals surface area contributed by atoms with Crippen molar-refractivity contribution >= 4 is 24.0 Å². The molecule has 4 heteroatoms. The van der Waals surface area contributed by atoms with Gasteiger partial charge in [-0.1, -0.05) is 0 Å². The topological polar surface area (TPSA) is 43.4 Å². The van der Waals surface area contributed by atoms with Gasteiger partial charge in [0.2, 0.25) is 0 Å². The fourth-order valence-corrected chi connectivity index (χ4v) is 1.00. The van der Waals surface area contributed by atoms with Crippen molar-refractivity contribution < 1.29 is 14.3 Å². The minimum absolute atomic E-state index is 0.246. The Hall–Kier alpha value is -0.510. The van der Waals surface area contributed by atoms with Crippen LogP contribution in [0.3, 0.4) is 0 Å². The molecule has 0 N–H and O–H groups in total. The van der Waals surface area contributed by atoms with Gasteiger partial charge in [0.05, 0.1) is 5.75 Å². The van der Waals surface area contributed by atoms with Crippen molar-refractivity contribution in [2.45, 2.75) is 26.4 Å². The molecule has 0 saturated carbocycles. The van der Waals surface area contributed by atoms with E-state index < -0.39 is 5.60 Å². The molecule has 0 aliphatic heterocycles. The monoisotopic (exact) mass is 190 g/mol. The number of hydrogen-bond donors (Lipinski definition) is 0. The van der Waals surface area contributed by atoms with Crippen LogP contribution in [0.2, 0.25) is 0 Å². The predicted molar refractivity (Wildman–Crippen MR) is 49.2 cm³/mol. The van der Waals surface area contributed by atoms with Gasteiger partial charge in [-0.25, -0.2) is 0 Å². The number of rotatable bonds is 4. The van der Waals surface area contributed by atoms with E-state index in [0.29, 0.717) is 5.75 Å². The van der Waals surface area contributed by atoms with E-state index in [9.17, 15) is 9.59 Å². The number of ether oxygens (including phenoxy) is 1. The summed E-state index contributed by atoms with van der Waals surface area (Å²) in [6.07, 6.45) is 0.773. The maximum absolute atomic E-state index is 11.0. The zero-order valence-electron chi connectivity index (χ0n) is 7.62. The summed E-state index contributed by atoms with van der Waals surface area (Å²) in [7, 11) is 0. The van der Waals surface area contributed by atoms with Crippen molar-refractivity contribution in [3.8, 4) is 0 Å². The van der Waals surface area contributed by atoms with E-state index in [2.05, 4.69) is 0 Å². The highest BCUT2D eigenvalue weighted by atomic mass is 32.2. The van der Waals surface area contributed by atoms with Crippen molar-refractivity contribution in [3.63, 3.8) is 0 Å². The van der Waals surface area contributed by atoms with Gasteiger partial charge in [-0.05, 0) is 20.8 Å². The first-order chi connectivity index (χ1) is 5.45. The Kier molecular flexibility index (Phi) is 4.97. The van der Waals surface area contributed by atoms with E-state index in [1.54, 1.807) is 0 Å². The number of carbonyl (C=O) groups excluding carboxylic acids is 2. The van der Waals surface area contributed by atoms with Crippen LogP contribution in [-0.4, -0.2) is 29.4 Å². The van der Waals surface area contributed by atoms with Crippen molar-refractivity contribution in [2.24, 2.45) is 0 Å². The highest BCUT2D eigenvalue weighted by Crippen LogP contribution is 2.09. The molecule has 12 heavy (non-hydrogen) atoms. The number of aldehydes is 1. The molecule has 0 aromatic carbocycles. The largest absolute Gasteiger partial charge is 0.459 e. The Labute approximate surface area is 76.9 Å².